The highest BCUT2D eigenvalue weighted by atomic mass is 32.1. The quantitative estimate of drug-likeness (QED) is 0.787. The van der Waals surface area contributed by atoms with Crippen LogP contribution in [0.1, 0.15) is 16.0 Å². The molecule has 3 rings (SSSR count). The molecule has 1 heterocycles. The summed E-state index contributed by atoms with van der Waals surface area (Å²) in [7, 11) is 0. The van der Waals surface area contributed by atoms with Crippen molar-refractivity contribution in [3.63, 3.8) is 0 Å². The number of nitrogen functional groups attached to an aromatic ring is 1. The number of nitrogens with two attached hydrogens (primary N) is 1. The van der Waals surface area contributed by atoms with E-state index in [0.29, 0.717) is 18.0 Å². The van der Waals surface area contributed by atoms with Crippen molar-refractivity contribution in [2.45, 2.75) is 18.4 Å². The number of hydrogen-bond donors (Lipinski definition) is 2. The van der Waals surface area contributed by atoms with Gasteiger partial charge >= 0.3 is 0 Å². The summed E-state index contributed by atoms with van der Waals surface area (Å²) in [6.45, 7) is 0. The topological polar surface area (TPSA) is 59.1 Å². The smallest absolute Gasteiger partial charge is 0.180 e. The summed E-state index contributed by atoms with van der Waals surface area (Å²) in [4.78, 5) is 4.87. The van der Waals surface area contributed by atoms with Crippen LogP contribution in [0.25, 0.3) is 0 Å². The minimum atomic E-state index is -0.807. The number of aromatic nitrogens is 1. The van der Waals surface area contributed by atoms with Gasteiger partial charge in [-0.05, 0) is 11.1 Å². The van der Waals surface area contributed by atoms with Gasteiger partial charge in [0.15, 0.2) is 5.13 Å². The maximum absolute atomic E-state index is 10.6. The van der Waals surface area contributed by atoms with Gasteiger partial charge in [0.1, 0.15) is 5.60 Å². The van der Waals surface area contributed by atoms with Gasteiger partial charge in [0.2, 0.25) is 0 Å². The Hall–Kier alpha value is -1.39. The number of benzene rings is 1. The van der Waals surface area contributed by atoms with Crippen LogP contribution in [-0.4, -0.2) is 10.1 Å². The average Bonchev–Trinajstić information content (AvgIpc) is 2.81. The molecule has 1 aliphatic rings. The molecule has 1 aliphatic carbocycles. The van der Waals surface area contributed by atoms with Crippen molar-refractivity contribution >= 4 is 16.5 Å². The Morgan fingerprint density at radius 2 is 1.88 bits per heavy atom. The standard InChI is InChI=1S/C12H12N2OS/c13-11-14-7-10(16-11)12(15)5-8-3-1-2-4-9(8)6-12/h1-4,7,15H,5-6H2,(H2,13,14). The molecule has 0 saturated carbocycles. The maximum Gasteiger partial charge on any atom is 0.180 e. The van der Waals surface area contributed by atoms with Gasteiger partial charge in [0, 0.05) is 19.0 Å². The molecule has 1 aromatic carbocycles. The Bertz CT molecular complexity index is 510. The minimum Gasteiger partial charge on any atom is -0.384 e. The van der Waals surface area contributed by atoms with Crippen LogP contribution in [0.3, 0.4) is 0 Å². The summed E-state index contributed by atoms with van der Waals surface area (Å²) in [6, 6.07) is 8.15. The lowest BCUT2D eigenvalue weighted by Crippen LogP contribution is -2.24. The van der Waals surface area contributed by atoms with Crippen molar-refractivity contribution in [1.82, 2.24) is 4.98 Å². The third-order valence-electron chi connectivity index (χ3n) is 3.07. The van der Waals surface area contributed by atoms with E-state index in [-0.39, 0.29) is 0 Å². The highest BCUT2D eigenvalue weighted by molar-refractivity contribution is 7.15. The molecule has 0 aliphatic heterocycles. The Kier molecular flexibility index (Phi) is 2.02. The van der Waals surface area contributed by atoms with E-state index in [2.05, 4.69) is 17.1 Å². The van der Waals surface area contributed by atoms with Crippen molar-refractivity contribution < 1.29 is 5.11 Å². The lowest BCUT2D eigenvalue weighted by atomic mass is 9.99. The second kappa shape index (κ2) is 3.30. The van der Waals surface area contributed by atoms with Gasteiger partial charge in [-0.25, -0.2) is 4.98 Å². The highest BCUT2D eigenvalue weighted by Gasteiger charge is 2.38. The molecular weight excluding hydrogens is 220 g/mol. The van der Waals surface area contributed by atoms with Gasteiger partial charge in [0.25, 0.3) is 0 Å². The molecular formula is C12H12N2OS. The van der Waals surface area contributed by atoms with E-state index in [9.17, 15) is 5.11 Å². The van der Waals surface area contributed by atoms with E-state index in [1.807, 2.05) is 12.1 Å². The SMILES string of the molecule is Nc1ncc(C2(O)Cc3ccccc3C2)s1. The van der Waals surface area contributed by atoms with Crippen molar-refractivity contribution in [2.75, 3.05) is 5.73 Å². The Labute approximate surface area is 97.6 Å². The van der Waals surface area contributed by atoms with Crippen LogP contribution in [0.2, 0.25) is 0 Å². The summed E-state index contributed by atoms with van der Waals surface area (Å²) < 4.78 is 0. The van der Waals surface area contributed by atoms with E-state index >= 15 is 0 Å². The number of fused-ring (bicyclic) bond motifs is 1. The zero-order valence-electron chi connectivity index (χ0n) is 8.68. The van der Waals surface area contributed by atoms with Crippen molar-refractivity contribution in [3.8, 4) is 0 Å². The number of thiazole rings is 1. The number of rotatable bonds is 1. The van der Waals surface area contributed by atoms with Crippen LogP contribution in [0, 0.1) is 0 Å². The molecule has 0 atom stereocenters. The minimum absolute atomic E-state index is 0.513. The highest BCUT2D eigenvalue weighted by Crippen LogP contribution is 2.40. The van der Waals surface area contributed by atoms with Gasteiger partial charge < -0.3 is 10.8 Å². The Morgan fingerprint density at radius 3 is 2.38 bits per heavy atom. The predicted molar refractivity (Wildman–Crippen MR) is 64.3 cm³/mol. The molecule has 16 heavy (non-hydrogen) atoms. The first-order chi connectivity index (χ1) is 7.67. The Morgan fingerprint density at radius 1 is 1.25 bits per heavy atom. The van der Waals surface area contributed by atoms with Gasteiger partial charge in [-0.2, -0.15) is 0 Å². The molecule has 0 amide bonds. The van der Waals surface area contributed by atoms with E-state index in [1.165, 1.54) is 22.5 Å². The fourth-order valence-corrected chi connectivity index (χ4v) is 3.04. The lowest BCUT2D eigenvalue weighted by molar-refractivity contribution is 0.0518. The first kappa shape index (κ1) is 9.81. The molecule has 0 radical (unpaired) electrons. The van der Waals surface area contributed by atoms with Crippen LogP contribution in [0.5, 0.6) is 0 Å². The van der Waals surface area contributed by atoms with Crippen molar-refractivity contribution in [3.05, 3.63) is 46.5 Å². The van der Waals surface area contributed by atoms with E-state index in [0.717, 1.165) is 4.88 Å². The molecule has 0 unspecified atom stereocenters. The summed E-state index contributed by atoms with van der Waals surface area (Å²) >= 11 is 1.37. The molecule has 0 fully saturated rings. The first-order valence-corrected chi connectivity index (χ1v) is 6.00. The largest absolute Gasteiger partial charge is 0.384 e. The molecule has 0 spiro atoms. The second-order valence-electron chi connectivity index (χ2n) is 4.22. The van der Waals surface area contributed by atoms with E-state index < -0.39 is 5.60 Å². The molecule has 0 saturated heterocycles. The van der Waals surface area contributed by atoms with Crippen LogP contribution in [-0.2, 0) is 18.4 Å². The third kappa shape index (κ3) is 1.42. The summed E-state index contributed by atoms with van der Waals surface area (Å²) in [5, 5.41) is 11.1. The van der Waals surface area contributed by atoms with Gasteiger partial charge in [-0.3, -0.25) is 0 Å². The third-order valence-corrected chi connectivity index (χ3v) is 4.09. The predicted octanol–water partition coefficient (Wildman–Crippen LogP) is 1.71. The Balaban J connectivity index is 2.00. The van der Waals surface area contributed by atoms with Crippen molar-refractivity contribution in [1.29, 1.82) is 0 Å². The van der Waals surface area contributed by atoms with E-state index in [4.69, 9.17) is 5.73 Å². The molecule has 1 aromatic heterocycles. The maximum atomic E-state index is 10.6. The zero-order valence-corrected chi connectivity index (χ0v) is 9.50. The molecule has 0 bridgehead atoms. The number of nitrogens with zero attached hydrogens (tertiary/aromatic N) is 1. The fraction of sp³-hybridized carbons (Fsp3) is 0.250. The number of aliphatic hydroxyl groups is 1. The molecule has 82 valence electrons. The van der Waals surface area contributed by atoms with Crippen LogP contribution in [0.4, 0.5) is 5.13 Å². The first-order valence-electron chi connectivity index (χ1n) is 5.18. The monoisotopic (exact) mass is 232 g/mol. The molecule has 3 nitrogen and oxygen atoms in total. The molecule has 3 N–H and O–H groups in total. The van der Waals surface area contributed by atoms with Crippen LogP contribution in [0.15, 0.2) is 30.5 Å². The normalized spacial score (nSPS) is 17.3. The van der Waals surface area contributed by atoms with Gasteiger partial charge in [0.05, 0.1) is 4.88 Å². The lowest BCUT2D eigenvalue weighted by Gasteiger charge is -2.19. The number of hydrogen-bond acceptors (Lipinski definition) is 4. The van der Waals surface area contributed by atoms with Gasteiger partial charge in [-0.15, -0.1) is 0 Å². The fourth-order valence-electron chi connectivity index (χ4n) is 2.27. The summed E-state index contributed by atoms with van der Waals surface area (Å²) in [5.74, 6) is 0. The number of anilines is 1. The second-order valence-corrected chi connectivity index (χ2v) is 5.28. The average molecular weight is 232 g/mol. The van der Waals surface area contributed by atoms with Crippen LogP contribution >= 0.6 is 11.3 Å². The zero-order chi connectivity index (χ0) is 11.2. The summed E-state index contributed by atoms with van der Waals surface area (Å²) in [6.07, 6.45) is 3.00. The molecule has 4 heteroatoms. The van der Waals surface area contributed by atoms with Crippen molar-refractivity contribution in [2.24, 2.45) is 0 Å². The van der Waals surface area contributed by atoms with Crippen LogP contribution < -0.4 is 5.73 Å². The summed E-state index contributed by atoms with van der Waals surface area (Å²) in [5.41, 5.74) is 7.24. The van der Waals surface area contributed by atoms with E-state index in [1.54, 1.807) is 6.20 Å². The molecule has 2 aromatic rings. The van der Waals surface area contributed by atoms with Gasteiger partial charge in [-0.1, -0.05) is 35.6 Å².